The molecule has 0 aromatic heterocycles. The number of esters is 1. The van der Waals surface area contributed by atoms with E-state index in [2.05, 4.69) is 4.74 Å². The molecule has 80 valence electrons. The standard InChI is InChI=1S/C11H10ClFO2/c1-2-15-11(14)6-3-8-7-9(13)4-5-10(8)12/h3-7H,2H2,1H3/b6-3+. The molecule has 0 atom stereocenters. The van der Waals surface area contributed by atoms with Crippen molar-refractivity contribution in [1.29, 1.82) is 0 Å². The van der Waals surface area contributed by atoms with Crippen LogP contribution in [0.5, 0.6) is 0 Å². The van der Waals surface area contributed by atoms with E-state index in [0.717, 1.165) is 0 Å². The van der Waals surface area contributed by atoms with Crippen molar-refractivity contribution in [2.45, 2.75) is 6.92 Å². The number of carbonyl (C=O) groups is 1. The van der Waals surface area contributed by atoms with Crippen molar-refractivity contribution >= 4 is 23.6 Å². The van der Waals surface area contributed by atoms with E-state index in [1.807, 2.05) is 0 Å². The summed E-state index contributed by atoms with van der Waals surface area (Å²) in [5, 5.41) is 0.386. The van der Waals surface area contributed by atoms with Crippen LogP contribution in [0, 0.1) is 5.82 Å². The minimum Gasteiger partial charge on any atom is -0.463 e. The van der Waals surface area contributed by atoms with Crippen molar-refractivity contribution in [2.75, 3.05) is 6.61 Å². The van der Waals surface area contributed by atoms with E-state index in [4.69, 9.17) is 11.6 Å². The number of hydrogen-bond acceptors (Lipinski definition) is 2. The number of rotatable bonds is 3. The Bertz CT molecular complexity index is 388. The summed E-state index contributed by atoms with van der Waals surface area (Å²) in [6, 6.07) is 3.93. The highest BCUT2D eigenvalue weighted by Gasteiger charge is 2.00. The molecular weight excluding hydrogens is 219 g/mol. The largest absolute Gasteiger partial charge is 0.463 e. The number of carbonyl (C=O) groups excluding carboxylic acids is 1. The zero-order valence-corrected chi connectivity index (χ0v) is 8.92. The van der Waals surface area contributed by atoms with Crippen LogP contribution >= 0.6 is 11.6 Å². The fraction of sp³-hybridized carbons (Fsp3) is 0.182. The Morgan fingerprint density at radius 2 is 2.33 bits per heavy atom. The maximum atomic E-state index is 12.8. The van der Waals surface area contributed by atoms with Crippen molar-refractivity contribution in [2.24, 2.45) is 0 Å². The van der Waals surface area contributed by atoms with Crippen molar-refractivity contribution < 1.29 is 13.9 Å². The molecule has 1 rings (SSSR count). The van der Waals surface area contributed by atoms with Crippen LogP contribution in [-0.2, 0) is 9.53 Å². The minimum absolute atomic E-state index is 0.306. The first kappa shape index (κ1) is 11.7. The van der Waals surface area contributed by atoms with Crippen molar-refractivity contribution in [3.8, 4) is 0 Å². The fourth-order valence-corrected chi connectivity index (χ4v) is 1.17. The van der Waals surface area contributed by atoms with Crippen LogP contribution in [0.25, 0.3) is 6.08 Å². The van der Waals surface area contributed by atoms with E-state index in [-0.39, 0.29) is 0 Å². The van der Waals surface area contributed by atoms with Gasteiger partial charge in [0.1, 0.15) is 5.82 Å². The lowest BCUT2D eigenvalue weighted by Crippen LogP contribution is -1.98. The zero-order chi connectivity index (χ0) is 11.3. The predicted molar refractivity (Wildman–Crippen MR) is 57.1 cm³/mol. The molecule has 0 amide bonds. The van der Waals surface area contributed by atoms with Crippen LogP contribution in [0.2, 0.25) is 5.02 Å². The number of benzene rings is 1. The molecule has 0 unspecified atom stereocenters. The average Bonchev–Trinajstić information content (AvgIpc) is 2.20. The van der Waals surface area contributed by atoms with Crippen LogP contribution < -0.4 is 0 Å². The lowest BCUT2D eigenvalue weighted by molar-refractivity contribution is -0.137. The van der Waals surface area contributed by atoms with Gasteiger partial charge in [0.25, 0.3) is 0 Å². The second kappa shape index (κ2) is 5.51. The van der Waals surface area contributed by atoms with Crippen LogP contribution in [0.15, 0.2) is 24.3 Å². The molecule has 4 heteroatoms. The summed E-state index contributed by atoms with van der Waals surface area (Å²) in [7, 11) is 0. The first-order valence-electron chi connectivity index (χ1n) is 4.43. The Labute approximate surface area is 92.3 Å². The summed E-state index contributed by atoms with van der Waals surface area (Å²) in [5.74, 6) is -0.874. The molecule has 0 saturated carbocycles. The van der Waals surface area contributed by atoms with Crippen molar-refractivity contribution in [3.05, 3.63) is 40.7 Å². The van der Waals surface area contributed by atoms with Crippen LogP contribution in [0.4, 0.5) is 4.39 Å². The highest BCUT2D eigenvalue weighted by atomic mass is 35.5. The summed E-state index contributed by atoms with van der Waals surface area (Å²) in [4.78, 5) is 11.0. The van der Waals surface area contributed by atoms with Crippen molar-refractivity contribution in [1.82, 2.24) is 0 Å². The van der Waals surface area contributed by atoms with Gasteiger partial charge in [-0.3, -0.25) is 0 Å². The van der Waals surface area contributed by atoms with Gasteiger partial charge in [-0.25, -0.2) is 9.18 Å². The Kier molecular flexibility index (Phi) is 4.31. The maximum absolute atomic E-state index is 12.8. The number of halogens is 2. The predicted octanol–water partition coefficient (Wildman–Crippen LogP) is 3.06. The van der Waals surface area contributed by atoms with Gasteiger partial charge in [-0.05, 0) is 36.8 Å². The number of ether oxygens (including phenoxy) is 1. The van der Waals surface area contributed by atoms with Crippen LogP contribution in [-0.4, -0.2) is 12.6 Å². The van der Waals surface area contributed by atoms with Gasteiger partial charge in [0.05, 0.1) is 6.61 Å². The van der Waals surface area contributed by atoms with Crippen molar-refractivity contribution in [3.63, 3.8) is 0 Å². The van der Waals surface area contributed by atoms with Crippen LogP contribution in [0.1, 0.15) is 12.5 Å². The topological polar surface area (TPSA) is 26.3 Å². The second-order valence-corrected chi connectivity index (χ2v) is 3.16. The molecule has 0 radical (unpaired) electrons. The Balaban J connectivity index is 2.79. The highest BCUT2D eigenvalue weighted by Crippen LogP contribution is 2.18. The van der Waals surface area contributed by atoms with E-state index in [1.165, 1.54) is 30.4 Å². The molecule has 0 aliphatic rings. The molecule has 0 saturated heterocycles. The number of hydrogen-bond donors (Lipinski definition) is 0. The van der Waals surface area contributed by atoms with E-state index in [9.17, 15) is 9.18 Å². The lowest BCUT2D eigenvalue weighted by atomic mass is 10.2. The van der Waals surface area contributed by atoms with E-state index >= 15 is 0 Å². The molecule has 0 N–H and O–H groups in total. The first-order chi connectivity index (χ1) is 7.13. The van der Waals surface area contributed by atoms with Gasteiger partial charge in [-0.1, -0.05) is 11.6 Å². The van der Waals surface area contributed by atoms with E-state index < -0.39 is 11.8 Å². The van der Waals surface area contributed by atoms with Gasteiger partial charge in [0.2, 0.25) is 0 Å². The second-order valence-electron chi connectivity index (χ2n) is 2.75. The molecule has 2 nitrogen and oxygen atoms in total. The monoisotopic (exact) mass is 228 g/mol. The molecular formula is C11H10ClFO2. The summed E-state index contributed by atoms with van der Waals surface area (Å²) < 4.78 is 17.5. The first-order valence-corrected chi connectivity index (χ1v) is 4.81. The third-order valence-electron chi connectivity index (χ3n) is 1.64. The molecule has 0 heterocycles. The van der Waals surface area contributed by atoms with E-state index in [1.54, 1.807) is 6.92 Å². The lowest BCUT2D eigenvalue weighted by Gasteiger charge is -1.98. The molecule has 1 aromatic rings. The average molecular weight is 229 g/mol. The molecule has 1 aromatic carbocycles. The molecule has 0 aliphatic heterocycles. The van der Waals surface area contributed by atoms with E-state index in [0.29, 0.717) is 17.2 Å². The third kappa shape index (κ3) is 3.72. The summed E-state index contributed by atoms with van der Waals surface area (Å²) >= 11 is 5.79. The molecule has 0 spiro atoms. The smallest absolute Gasteiger partial charge is 0.330 e. The summed E-state index contributed by atoms with van der Waals surface area (Å²) in [6.07, 6.45) is 2.63. The van der Waals surface area contributed by atoms with Gasteiger partial charge in [-0.15, -0.1) is 0 Å². The molecule has 0 aliphatic carbocycles. The molecule has 0 bridgehead atoms. The summed E-state index contributed by atoms with van der Waals surface area (Å²) in [6.45, 7) is 2.01. The zero-order valence-electron chi connectivity index (χ0n) is 8.17. The fourth-order valence-electron chi connectivity index (χ4n) is 0.991. The van der Waals surface area contributed by atoms with Gasteiger partial charge in [0, 0.05) is 11.1 Å². The quantitative estimate of drug-likeness (QED) is 0.587. The van der Waals surface area contributed by atoms with Gasteiger partial charge >= 0.3 is 5.97 Å². The normalized spacial score (nSPS) is 10.6. The summed E-state index contributed by atoms with van der Waals surface area (Å²) in [5.41, 5.74) is 0.449. The van der Waals surface area contributed by atoms with Gasteiger partial charge < -0.3 is 4.74 Å². The Morgan fingerprint density at radius 3 is 3.00 bits per heavy atom. The Hall–Kier alpha value is -1.35. The third-order valence-corrected chi connectivity index (χ3v) is 1.99. The molecule has 0 fully saturated rings. The minimum atomic E-state index is -0.474. The van der Waals surface area contributed by atoms with Crippen LogP contribution in [0.3, 0.4) is 0 Å². The highest BCUT2D eigenvalue weighted by molar-refractivity contribution is 6.32. The SMILES string of the molecule is CCOC(=O)/C=C/c1cc(F)ccc1Cl. The maximum Gasteiger partial charge on any atom is 0.330 e. The Morgan fingerprint density at radius 1 is 1.60 bits per heavy atom. The van der Waals surface area contributed by atoms with Gasteiger partial charge in [0.15, 0.2) is 0 Å². The molecule has 15 heavy (non-hydrogen) atoms. The van der Waals surface area contributed by atoms with Gasteiger partial charge in [-0.2, -0.15) is 0 Å².